The van der Waals surface area contributed by atoms with Gasteiger partial charge in [0.25, 0.3) is 0 Å². The summed E-state index contributed by atoms with van der Waals surface area (Å²) in [6, 6.07) is 6.94. The number of hydrogen-bond donors (Lipinski definition) is 1. The highest BCUT2D eigenvalue weighted by atomic mass is 127. The summed E-state index contributed by atoms with van der Waals surface area (Å²) in [5, 5.41) is 2.82. The van der Waals surface area contributed by atoms with Crippen LogP contribution in [0.25, 0.3) is 0 Å². The Morgan fingerprint density at radius 1 is 1.35 bits per heavy atom. The predicted octanol–water partition coefficient (Wildman–Crippen LogP) is 2.43. The van der Waals surface area contributed by atoms with Gasteiger partial charge in [0.1, 0.15) is 0 Å². The highest BCUT2D eigenvalue weighted by molar-refractivity contribution is 14.1. The van der Waals surface area contributed by atoms with Gasteiger partial charge in [-0.05, 0) is 47.2 Å². The molecule has 20 heavy (non-hydrogen) atoms. The first-order chi connectivity index (χ1) is 9.45. The van der Waals surface area contributed by atoms with Crippen molar-refractivity contribution in [3.63, 3.8) is 0 Å². The van der Waals surface area contributed by atoms with Gasteiger partial charge in [-0.2, -0.15) is 0 Å². The first kappa shape index (κ1) is 14.8. The van der Waals surface area contributed by atoms with Gasteiger partial charge in [0, 0.05) is 16.3 Å². The van der Waals surface area contributed by atoms with Gasteiger partial charge in [-0.25, -0.2) is 9.59 Å². The molecule has 6 heteroatoms. The molecule has 1 aliphatic rings. The van der Waals surface area contributed by atoms with Crippen molar-refractivity contribution in [2.24, 2.45) is 0 Å². The van der Waals surface area contributed by atoms with Crippen LogP contribution in [-0.4, -0.2) is 31.1 Å². The number of nitrogens with zero attached hydrogens (tertiary/aromatic N) is 1. The third kappa shape index (κ3) is 2.65. The third-order valence-electron chi connectivity index (χ3n) is 3.36. The zero-order valence-corrected chi connectivity index (χ0v) is 13.6. The normalized spacial score (nSPS) is 18.9. The maximum atomic E-state index is 12.0. The molecule has 1 N–H and O–H groups in total. The number of hydrogen-bond acceptors (Lipinski definition) is 3. The molecular formula is C14H15IN2O3. The molecule has 0 bridgehead atoms. The van der Waals surface area contributed by atoms with E-state index in [1.165, 1.54) is 12.0 Å². The average molecular weight is 386 g/mol. The molecule has 0 spiro atoms. The quantitative estimate of drug-likeness (QED) is 0.628. The molecule has 0 aliphatic carbocycles. The molecule has 0 aromatic heterocycles. The lowest BCUT2D eigenvalue weighted by atomic mass is 9.95. The second-order valence-electron chi connectivity index (χ2n) is 4.48. The van der Waals surface area contributed by atoms with Crippen LogP contribution in [0.5, 0.6) is 0 Å². The van der Waals surface area contributed by atoms with Crippen molar-refractivity contribution in [1.29, 1.82) is 0 Å². The largest absolute Gasteiger partial charge is 0.466 e. The first-order valence-corrected chi connectivity index (χ1v) is 7.12. The Kier molecular flexibility index (Phi) is 4.32. The van der Waals surface area contributed by atoms with Crippen LogP contribution in [0.1, 0.15) is 18.5 Å². The molecule has 0 saturated heterocycles. The van der Waals surface area contributed by atoms with E-state index in [4.69, 9.17) is 4.74 Å². The Morgan fingerprint density at radius 2 is 1.95 bits per heavy atom. The lowest BCUT2D eigenvalue weighted by Gasteiger charge is -2.33. The van der Waals surface area contributed by atoms with E-state index in [-0.39, 0.29) is 6.03 Å². The molecule has 1 atom stereocenters. The van der Waals surface area contributed by atoms with Crippen molar-refractivity contribution in [3.8, 4) is 0 Å². The van der Waals surface area contributed by atoms with E-state index in [2.05, 4.69) is 27.9 Å². The van der Waals surface area contributed by atoms with Crippen LogP contribution in [0.3, 0.4) is 0 Å². The molecule has 2 rings (SSSR count). The number of carbonyl (C=O) groups is 2. The minimum atomic E-state index is -0.483. The highest BCUT2D eigenvalue weighted by Crippen LogP contribution is 2.30. The number of halogens is 1. The molecule has 0 radical (unpaired) electrons. The van der Waals surface area contributed by atoms with Crippen LogP contribution in [0.15, 0.2) is 35.5 Å². The summed E-state index contributed by atoms with van der Waals surface area (Å²) in [5.74, 6) is -0.432. The van der Waals surface area contributed by atoms with Crippen molar-refractivity contribution in [3.05, 3.63) is 44.7 Å². The smallest absolute Gasteiger partial charge is 0.337 e. The number of carbonyl (C=O) groups excluding carboxylic acids is 2. The maximum Gasteiger partial charge on any atom is 0.337 e. The Hall–Kier alpha value is -1.57. The SMILES string of the molecule is COC(=O)C1=C(C)N(C)C(=O)N[C@H]1c1ccc(I)cc1. The van der Waals surface area contributed by atoms with Crippen molar-refractivity contribution < 1.29 is 14.3 Å². The van der Waals surface area contributed by atoms with E-state index >= 15 is 0 Å². The fourth-order valence-corrected chi connectivity index (χ4v) is 2.47. The lowest BCUT2D eigenvalue weighted by Crippen LogP contribution is -2.46. The molecule has 1 heterocycles. The number of nitrogens with one attached hydrogen (secondary N) is 1. The molecule has 1 aromatic carbocycles. The van der Waals surface area contributed by atoms with E-state index in [1.807, 2.05) is 24.3 Å². The monoisotopic (exact) mass is 386 g/mol. The van der Waals surface area contributed by atoms with E-state index < -0.39 is 12.0 Å². The number of amides is 2. The second kappa shape index (κ2) is 5.82. The molecule has 0 unspecified atom stereocenters. The van der Waals surface area contributed by atoms with Crippen LogP contribution in [0.4, 0.5) is 4.79 Å². The van der Waals surface area contributed by atoms with Crippen molar-refractivity contribution in [2.45, 2.75) is 13.0 Å². The summed E-state index contributed by atoms with van der Waals surface area (Å²) in [5.41, 5.74) is 1.91. The van der Waals surface area contributed by atoms with E-state index in [0.717, 1.165) is 9.13 Å². The molecule has 0 fully saturated rings. The fraction of sp³-hybridized carbons (Fsp3) is 0.286. The Morgan fingerprint density at radius 3 is 2.50 bits per heavy atom. The summed E-state index contributed by atoms with van der Waals surface area (Å²) >= 11 is 2.21. The van der Waals surface area contributed by atoms with Crippen LogP contribution in [0, 0.1) is 3.57 Å². The van der Waals surface area contributed by atoms with Gasteiger partial charge in [-0.1, -0.05) is 12.1 Å². The number of urea groups is 1. The maximum absolute atomic E-state index is 12.0. The van der Waals surface area contributed by atoms with Gasteiger partial charge < -0.3 is 15.0 Å². The molecule has 106 valence electrons. The summed E-state index contributed by atoms with van der Waals surface area (Å²) in [6.45, 7) is 1.74. The summed E-state index contributed by atoms with van der Waals surface area (Å²) in [7, 11) is 2.96. The Bertz CT molecular complexity index is 581. The van der Waals surface area contributed by atoms with Gasteiger partial charge in [-0.3, -0.25) is 0 Å². The van der Waals surface area contributed by atoms with Crippen molar-refractivity contribution in [2.75, 3.05) is 14.2 Å². The van der Waals surface area contributed by atoms with Crippen LogP contribution in [0.2, 0.25) is 0 Å². The fourth-order valence-electron chi connectivity index (χ4n) is 2.12. The van der Waals surface area contributed by atoms with Gasteiger partial charge in [0.15, 0.2) is 0 Å². The highest BCUT2D eigenvalue weighted by Gasteiger charge is 2.34. The molecule has 5 nitrogen and oxygen atoms in total. The standard InChI is InChI=1S/C14H15IN2O3/c1-8-11(13(18)20-3)12(16-14(19)17(8)2)9-4-6-10(15)7-5-9/h4-7,12H,1-3H3,(H,16,19)/t12-/m0/s1. The summed E-state index contributed by atoms with van der Waals surface area (Å²) in [6.07, 6.45) is 0. The Balaban J connectivity index is 2.51. The summed E-state index contributed by atoms with van der Waals surface area (Å²) in [4.78, 5) is 25.4. The van der Waals surface area contributed by atoms with Gasteiger partial charge in [0.2, 0.25) is 0 Å². The summed E-state index contributed by atoms with van der Waals surface area (Å²) < 4.78 is 5.93. The van der Waals surface area contributed by atoms with Crippen LogP contribution < -0.4 is 5.32 Å². The molecule has 0 saturated carbocycles. The number of methoxy groups -OCH3 is 1. The zero-order valence-electron chi connectivity index (χ0n) is 11.4. The molecular weight excluding hydrogens is 371 g/mol. The minimum absolute atomic E-state index is 0.237. The average Bonchev–Trinajstić information content (AvgIpc) is 2.44. The predicted molar refractivity (Wildman–Crippen MR) is 82.9 cm³/mol. The first-order valence-electron chi connectivity index (χ1n) is 6.04. The molecule has 1 aromatic rings. The molecule has 2 amide bonds. The van der Waals surface area contributed by atoms with Gasteiger partial charge in [-0.15, -0.1) is 0 Å². The lowest BCUT2D eigenvalue weighted by molar-refractivity contribution is -0.136. The third-order valence-corrected chi connectivity index (χ3v) is 4.08. The number of allylic oxidation sites excluding steroid dienone is 1. The second-order valence-corrected chi connectivity index (χ2v) is 5.73. The van der Waals surface area contributed by atoms with Gasteiger partial charge in [0.05, 0.1) is 18.7 Å². The topological polar surface area (TPSA) is 58.6 Å². The molecule has 1 aliphatic heterocycles. The Labute approximate surface area is 131 Å². The van der Waals surface area contributed by atoms with Crippen molar-refractivity contribution >= 4 is 34.6 Å². The zero-order chi connectivity index (χ0) is 14.9. The van der Waals surface area contributed by atoms with Crippen LogP contribution in [-0.2, 0) is 9.53 Å². The number of ether oxygens (including phenoxy) is 1. The van der Waals surface area contributed by atoms with E-state index in [0.29, 0.717) is 11.3 Å². The van der Waals surface area contributed by atoms with Crippen molar-refractivity contribution in [1.82, 2.24) is 10.2 Å². The van der Waals surface area contributed by atoms with E-state index in [1.54, 1.807) is 14.0 Å². The number of esters is 1. The number of benzene rings is 1. The number of rotatable bonds is 2. The van der Waals surface area contributed by atoms with Gasteiger partial charge >= 0.3 is 12.0 Å². The van der Waals surface area contributed by atoms with Crippen LogP contribution >= 0.6 is 22.6 Å². The minimum Gasteiger partial charge on any atom is -0.466 e. The van der Waals surface area contributed by atoms with E-state index in [9.17, 15) is 9.59 Å².